The first-order valence-corrected chi connectivity index (χ1v) is 8.46. The topological polar surface area (TPSA) is 72.5 Å². The van der Waals surface area contributed by atoms with Gasteiger partial charge in [-0.1, -0.05) is 0 Å². The quantitative estimate of drug-likeness (QED) is 0.814. The van der Waals surface area contributed by atoms with Crippen LogP contribution in [0.15, 0.2) is 15.7 Å². The zero-order valence-corrected chi connectivity index (χ0v) is 12.4. The first kappa shape index (κ1) is 15.4. The Balaban J connectivity index is 2.60. The fourth-order valence-electron chi connectivity index (χ4n) is 1.25. The van der Waals surface area contributed by atoms with Crippen LogP contribution in [0.2, 0.25) is 0 Å². The molecule has 1 amide bonds. The molecular formula is C10H14ClNO4S2. The molecule has 8 heteroatoms. The van der Waals surface area contributed by atoms with E-state index in [4.69, 9.17) is 15.4 Å². The Hall–Kier alpha value is -0.630. The smallest absolute Gasteiger partial charge is 0.270 e. The summed E-state index contributed by atoms with van der Waals surface area (Å²) in [5.74, 6) is -0.343. The van der Waals surface area contributed by atoms with Crippen molar-refractivity contribution >= 4 is 37.0 Å². The predicted molar refractivity (Wildman–Crippen MR) is 70.8 cm³/mol. The van der Waals surface area contributed by atoms with Crippen molar-refractivity contribution in [1.29, 1.82) is 0 Å². The standard InChI is InChI=1S/C10H14ClNO4S2/c1-3-16-7(2)5-12-10(13)8-4-9(17-6-8)18(11,14)15/h4,6-7H,3,5H2,1-2H3,(H,12,13). The molecule has 0 aromatic carbocycles. The van der Waals surface area contributed by atoms with Gasteiger partial charge in [0.2, 0.25) is 0 Å². The van der Waals surface area contributed by atoms with Crippen LogP contribution >= 0.6 is 22.0 Å². The number of carbonyl (C=O) groups is 1. The van der Waals surface area contributed by atoms with Gasteiger partial charge in [-0.3, -0.25) is 4.79 Å². The summed E-state index contributed by atoms with van der Waals surface area (Å²) >= 11 is 0.917. The van der Waals surface area contributed by atoms with Gasteiger partial charge in [0.15, 0.2) is 0 Å². The normalized spacial score (nSPS) is 13.3. The summed E-state index contributed by atoms with van der Waals surface area (Å²) in [6.07, 6.45) is -0.0891. The number of nitrogens with one attached hydrogen (secondary N) is 1. The Bertz CT molecular complexity index is 512. The van der Waals surface area contributed by atoms with E-state index in [1.54, 1.807) is 0 Å². The van der Waals surface area contributed by atoms with Crippen LogP contribution in [-0.4, -0.2) is 33.6 Å². The molecule has 0 bridgehead atoms. The van der Waals surface area contributed by atoms with E-state index in [0.29, 0.717) is 13.2 Å². The first-order valence-electron chi connectivity index (χ1n) is 5.27. The molecule has 0 aliphatic heterocycles. The van der Waals surface area contributed by atoms with Gasteiger partial charge in [0, 0.05) is 29.2 Å². The van der Waals surface area contributed by atoms with Crippen LogP contribution in [0, 0.1) is 0 Å². The number of hydrogen-bond donors (Lipinski definition) is 1. The summed E-state index contributed by atoms with van der Waals surface area (Å²) in [6, 6.07) is 1.26. The average Bonchev–Trinajstić information content (AvgIpc) is 2.75. The number of hydrogen-bond acceptors (Lipinski definition) is 5. The molecule has 1 aromatic heterocycles. The molecule has 0 aliphatic rings. The molecule has 1 unspecified atom stereocenters. The molecule has 1 N–H and O–H groups in total. The van der Waals surface area contributed by atoms with Crippen molar-refractivity contribution in [3.8, 4) is 0 Å². The molecule has 0 saturated carbocycles. The summed E-state index contributed by atoms with van der Waals surface area (Å²) in [7, 11) is 1.41. The largest absolute Gasteiger partial charge is 0.377 e. The van der Waals surface area contributed by atoms with Gasteiger partial charge in [0.25, 0.3) is 15.0 Å². The van der Waals surface area contributed by atoms with E-state index in [1.165, 1.54) is 11.4 Å². The van der Waals surface area contributed by atoms with Crippen molar-refractivity contribution in [2.24, 2.45) is 0 Å². The summed E-state index contributed by atoms with van der Waals surface area (Å²) < 4.78 is 27.3. The maximum atomic E-state index is 11.7. The number of carbonyl (C=O) groups excluding carboxylic acids is 1. The van der Waals surface area contributed by atoms with Crippen molar-refractivity contribution in [1.82, 2.24) is 5.32 Å². The number of halogens is 1. The highest BCUT2D eigenvalue weighted by Crippen LogP contribution is 2.23. The van der Waals surface area contributed by atoms with Crippen LogP contribution in [0.5, 0.6) is 0 Å². The first-order chi connectivity index (χ1) is 8.34. The van der Waals surface area contributed by atoms with Gasteiger partial charge in [-0.2, -0.15) is 0 Å². The minimum Gasteiger partial charge on any atom is -0.377 e. The molecule has 1 atom stereocenters. The van der Waals surface area contributed by atoms with Gasteiger partial charge in [0.05, 0.1) is 11.7 Å². The molecule has 0 saturated heterocycles. The van der Waals surface area contributed by atoms with Gasteiger partial charge in [0.1, 0.15) is 4.21 Å². The zero-order chi connectivity index (χ0) is 13.8. The predicted octanol–water partition coefficient (Wildman–Crippen LogP) is 1.83. The maximum Gasteiger partial charge on any atom is 0.270 e. The Labute approximate surface area is 115 Å². The van der Waals surface area contributed by atoms with E-state index >= 15 is 0 Å². The summed E-state index contributed by atoms with van der Waals surface area (Å²) in [5.41, 5.74) is 0.280. The van der Waals surface area contributed by atoms with Gasteiger partial charge < -0.3 is 10.1 Å². The van der Waals surface area contributed by atoms with Crippen LogP contribution in [0.25, 0.3) is 0 Å². The van der Waals surface area contributed by atoms with Crippen molar-refractivity contribution in [2.75, 3.05) is 13.2 Å². The summed E-state index contributed by atoms with van der Waals surface area (Å²) in [6.45, 7) is 4.65. The monoisotopic (exact) mass is 311 g/mol. The molecular weight excluding hydrogens is 298 g/mol. The number of amides is 1. The molecule has 102 valence electrons. The molecule has 1 aromatic rings. The lowest BCUT2D eigenvalue weighted by Gasteiger charge is -2.11. The Morgan fingerprint density at radius 1 is 1.61 bits per heavy atom. The van der Waals surface area contributed by atoms with Crippen molar-refractivity contribution in [3.05, 3.63) is 17.0 Å². The molecule has 5 nitrogen and oxygen atoms in total. The summed E-state index contributed by atoms with van der Waals surface area (Å²) in [5, 5.41) is 4.11. The lowest BCUT2D eigenvalue weighted by Crippen LogP contribution is -2.31. The van der Waals surface area contributed by atoms with Gasteiger partial charge in [-0.25, -0.2) is 8.42 Å². The lowest BCUT2D eigenvalue weighted by molar-refractivity contribution is 0.0695. The van der Waals surface area contributed by atoms with Crippen LogP contribution in [-0.2, 0) is 13.8 Å². The molecule has 18 heavy (non-hydrogen) atoms. The van der Waals surface area contributed by atoms with Crippen LogP contribution in [0.1, 0.15) is 24.2 Å². The van der Waals surface area contributed by atoms with Crippen LogP contribution in [0.3, 0.4) is 0 Å². The van der Waals surface area contributed by atoms with Crippen molar-refractivity contribution in [2.45, 2.75) is 24.2 Å². The second-order valence-corrected chi connectivity index (χ2v) is 7.27. The Kier molecular flexibility index (Phi) is 5.58. The van der Waals surface area contributed by atoms with E-state index < -0.39 is 9.05 Å². The number of thiophene rings is 1. The molecule has 1 rings (SSSR count). The van der Waals surface area contributed by atoms with E-state index in [-0.39, 0.29) is 21.8 Å². The SMILES string of the molecule is CCOC(C)CNC(=O)c1csc(S(=O)(=O)Cl)c1. The zero-order valence-electron chi connectivity index (χ0n) is 9.97. The third-order valence-electron chi connectivity index (χ3n) is 2.08. The Morgan fingerprint density at radius 2 is 2.28 bits per heavy atom. The Morgan fingerprint density at radius 3 is 2.78 bits per heavy atom. The number of ether oxygens (including phenoxy) is 1. The second-order valence-electron chi connectivity index (χ2n) is 3.57. The highest BCUT2D eigenvalue weighted by Gasteiger charge is 2.16. The molecule has 1 heterocycles. The van der Waals surface area contributed by atoms with Gasteiger partial charge in [-0.15, -0.1) is 11.3 Å². The van der Waals surface area contributed by atoms with Crippen molar-refractivity contribution in [3.63, 3.8) is 0 Å². The molecule has 0 aliphatic carbocycles. The highest BCUT2D eigenvalue weighted by molar-refractivity contribution is 8.15. The minimum absolute atomic E-state index is 0.0350. The van der Waals surface area contributed by atoms with Crippen molar-refractivity contribution < 1.29 is 17.9 Å². The van der Waals surface area contributed by atoms with E-state index in [0.717, 1.165) is 11.3 Å². The lowest BCUT2D eigenvalue weighted by atomic mass is 10.3. The van der Waals surface area contributed by atoms with Crippen LogP contribution < -0.4 is 5.32 Å². The third kappa shape index (κ3) is 4.56. The van der Waals surface area contributed by atoms with Gasteiger partial charge >= 0.3 is 0 Å². The molecule has 0 fully saturated rings. The van der Waals surface area contributed by atoms with E-state index in [9.17, 15) is 13.2 Å². The summed E-state index contributed by atoms with van der Waals surface area (Å²) in [4.78, 5) is 11.7. The van der Waals surface area contributed by atoms with E-state index in [1.807, 2.05) is 13.8 Å². The third-order valence-corrected chi connectivity index (χ3v) is 5.12. The molecule has 0 spiro atoms. The molecule has 0 radical (unpaired) electrons. The fourth-order valence-corrected chi connectivity index (χ4v) is 3.19. The van der Waals surface area contributed by atoms with E-state index in [2.05, 4.69) is 5.32 Å². The maximum absolute atomic E-state index is 11.7. The fraction of sp³-hybridized carbons (Fsp3) is 0.500. The second kappa shape index (κ2) is 6.51. The average molecular weight is 312 g/mol. The van der Waals surface area contributed by atoms with Crippen LogP contribution in [0.4, 0.5) is 0 Å². The number of rotatable bonds is 6. The highest BCUT2D eigenvalue weighted by atomic mass is 35.7. The van der Waals surface area contributed by atoms with Gasteiger partial charge in [-0.05, 0) is 19.9 Å². The minimum atomic E-state index is -3.77.